The van der Waals surface area contributed by atoms with Gasteiger partial charge < -0.3 is 10.2 Å². The highest BCUT2D eigenvalue weighted by Crippen LogP contribution is 2.09. The summed E-state index contributed by atoms with van der Waals surface area (Å²) >= 11 is 0. The number of aliphatic hydroxyl groups excluding tert-OH is 1. The summed E-state index contributed by atoms with van der Waals surface area (Å²) in [5.41, 5.74) is 2.06. The van der Waals surface area contributed by atoms with E-state index in [1.54, 1.807) is 6.92 Å². The minimum absolute atomic E-state index is 0.151. The Kier molecular flexibility index (Phi) is 4.31. The van der Waals surface area contributed by atoms with E-state index < -0.39 is 5.97 Å². The predicted octanol–water partition coefficient (Wildman–Crippen LogP) is 1.63. The first kappa shape index (κ1) is 11.7. The Morgan fingerprint density at radius 3 is 2.67 bits per heavy atom. The van der Waals surface area contributed by atoms with Gasteiger partial charge in [-0.2, -0.15) is 0 Å². The van der Waals surface area contributed by atoms with Gasteiger partial charge in [-0.1, -0.05) is 24.3 Å². The fraction of sp³-hybridized carbons (Fsp3) is 0.417. The molecule has 3 heteroatoms. The van der Waals surface area contributed by atoms with Crippen LogP contribution in [0.15, 0.2) is 24.3 Å². The smallest absolute Gasteiger partial charge is 0.303 e. The van der Waals surface area contributed by atoms with Gasteiger partial charge in [-0.25, -0.2) is 0 Å². The highest BCUT2D eigenvalue weighted by atomic mass is 16.4. The molecule has 3 nitrogen and oxygen atoms in total. The van der Waals surface area contributed by atoms with E-state index in [-0.39, 0.29) is 12.5 Å². The summed E-state index contributed by atoms with van der Waals surface area (Å²) in [5.74, 6) is -0.782. The molecular weight excluding hydrogens is 192 g/mol. The molecule has 0 fully saturated rings. The van der Waals surface area contributed by atoms with Crippen LogP contribution in [0.2, 0.25) is 0 Å². The maximum atomic E-state index is 10.4. The van der Waals surface area contributed by atoms with Crippen molar-refractivity contribution in [3.63, 3.8) is 0 Å². The normalized spacial score (nSPS) is 12.4. The Bertz CT molecular complexity index is 331. The van der Waals surface area contributed by atoms with Crippen LogP contribution < -0.4 is 0 Å². The molecule has 0 radical (unpaired) electrons. The van der Waals surface area contributed by atoms with Crippen molar-refractivity contribution in [3.05, 3.63) is 35.4 Å². The second kappa shape index (κ2) is 5.51. The predicted molar refractivity (Wildman–Crippen MR) is 57.8 cm³/mol. The fourth-order valence-electron chi connectivity index (χ4n) is 1.50. The van der Waals surface area contributed by atoms with Crippen LogP contribution in [0.3, 0.4) is 0 Å². The van der Waals surface area contributed by atoms with E-state index in [0.29, 0.717) is 12.8 Å². The first-order valence-corrected chi connectivity index (χ1v) is 5.05. The molecule has 1 aromatic carbocycles. The van der Waals surface area contributed by atoms with Gasteiger partial charge in [-0.3, -0.25) is 4.79 Å². The van der Waals surface area contributed by atoms with Gasteiger partial charge in [0.05, 0.1) is 6.10 Å². The molecule has 15 heavy (non-hydrogen) atoms. The summed E-state index contributed by atoms with van der Waals surface area (Å²) < 4.78 is 0. The van der Waals surface area contributed by atoms with Crippen molar-refractivity contribution in [2.75, 3.05) is 0 Å². The molecule has 82 valence electrons. The molecule has 0 bridgehead atoms. The van der Waals surface area contributed by atoms with E-state index in [0.717, 1.165) is 11.1 Å². The number of rotatable bonds is 5. The van der Waals surface area contributed by atoms with Crippen molar-refractivity contribution in [3.8, 4) is 0 Å². The van der Waals surface area contributed by atoms with Crippen molar-refractivity contribution >= 4 is 5.97 Å². The summed E-state index contributed by atoms with van der Waals surface area (Å²) in [6.07, 6.45) is 0.946. The van der Waals surface area contributed by atoms with Crippen LogP contribution in [0, 0.1) is 0 Å². The molecule has 0 saturated heterocycles. The van der Waals surface area contributed by atoms with E-state index >= 15 is 0 Å². The lowest BCUT2D eigenvalue weighted by atomic mass is 10.0. The van der Waals surface area contributed by atoms with Crippen molar-refractivity contribution in [2.24, 2.45) is 0 Å². The Balaban J connectivity index is 2.61. The molecule has 0 aliphatic carbocycles. The van der Waals surface area contributed by atoms with Gasteiger partial charge in [0.25, 0.3) is 0 Å². The quantitative estimate of drug-likeness (QED) is 0.773. The molecule has 1 atom stereocenters. The summed E-state index contributed by atoms with van der Waals surface area (Å²) in [5, 5.41) is 17.8. The molecule has 0 heterocycles. The van der Waals surface area contributed by atoms with E-state index in [9.17, 15) is 9.90 Å². The lowest BCUT2D eigenvalue weighted by Gasteiger charge is -2.06. The summed E-state index contributed by atoms with van der Waals surface area (Å²) in [7, 11) is 0. The van der Waals surface area contributed by atoms with Gasteiger partial charge in [0, 0.05) is 6.42 Å². The molecule has 1 unspecified atom stereocenters. The Hall–Kier alpha value is -1.35. The topological polar surface area (TPSA) is 57.5 Å². The molecule has 2 N–H and O–H groups in total. The lowest BCUT2D eigenvalue weighted by Crippen LogP contribution is -2.04. The minimum atomic E-state index is -0.782. The van der Waals surface area contributed by atoms with Crippen LogP contribution >= 0.6 is 0 Å². The van der Waals surface area contributed by atoms with Crippen molar-refractivity contribution in [2.45, 2.75) is 32.3 Å². The zero-order valence-electron chi connectivity index (χ0n) is 8.81. The number of carboxylic acid groups (broad SMARTS) is 1. The third kappa shape index (κ3) is 4.61. The number of carbonyl (C=O) groups is 1. The van der Waals surface area contributed by atoms with E-state index in [1.807, 2.05) is 24.3 Å². The summed E-state index contributed by atoms with van der Waals surface area (Å²) in [4.78, 5) is 10.4. The number of aryl methyl sites for hydroxylation is 1. The molecule has 1 aromatic rings. The first-order chi connectivity index (χ1) is 7.08. The van der Waals surface area contributed by atoms with Gasteiger partial charge in [-0.05, 0) is 30.9 Å². The number of benzene rings is 1. The molecule has 0 spiro atoms. The van der Waals surface area contributed by atoms with Crippen LogP contribution in [0.4, 0.5) is 0 Å². The number of aliphatic hydroxyl groups is 1. The summed E-state index contributed by atoms with van der Waals surface area (Å²) in [6.45, 7) is 1.74. The number of hydrogen-bond donors (Lipinski definition) is 2. The second-order valence-electron chi connectivity index (χ2n) is 3.77. The third-order valence-electron chi connectivity index (χ3n) is 2.15. The average molecular weight is 208 g/mol. The standard InChI is InChI=1S/C12H16O3/c1-9(13)7-11-4-2-3-10(8-11)5-6-12(14)15/h2-4,8-9,13H,5-7H2,1H3,(H,14,15). The zero-order valence-corrected chi connectivity index (χ0v) is 8.81. The van der Waals surface area contributed by atoms with Crippen LogP contribution in [0.1, 0.15) is 24.5 Å². The van der Waals surface area contributed by atoms with Crippen molar-refractivity contribution in [1.82, 2.24) is 0 Å². The molecule has 0 aromatic heterocycles. The maximum absolute atomic E-state index is 10.4. The monoisotopic (exact) mass is 208 g/mol. The molecule has 0 amide bonds. The highest BCUT2D eigenvalue weighted by Gasteiger charge is 2.02. The molecule has 0 aliphatic rings. The average Bonchev–Trinajstić information content (AvgIpc) is 2.14. The van der Waals surface area contributed by atoms with Crippen LogP contribution in [0.5, 0.6) is 0 Å². The lowest BCUT2D eigenvalue weighted by molar-refractivity contribution is -0.136. The third-order valence-corrected chi connectivity index (χ3v) is 2.15. The van der Waals surface area contributed by atoms with Gasteiger partial charge in [-0.15, -0.1) is 0 Å². The van der Waals surface area contributed by atoms with Crippen molar-refractivity contribution in [1.29, 1.82) is 0 Å². The Labute approximate surface area is 89.4 Å². The van der Waals surface area contributed by atoms with Gasteiger partial charge in [0.1, 0.15) is 0 Å². The Morgan fingerprint density at radius 2 is 2.07 bits per heavy atom. The number of hydrogen-bond acceptors (Lipinski definition) is 2. The van der Waals surface area contributed by atoms with Crippen molar-refractivity contribution < 1.29 is 15.0 Å². The van der Waals surface area contributed by atoms with E-state index in [1.165, 1.54) is 0 Å². The van der Waals surface area contributed by atoms with Crippen LogP contribution in [-0.4, -0.2) is 22.3 Å². The maximum Gasteiger partial charge on any atom is 0.303 e. The van der Waals surface area contributed by atoms with Crippen LogP contribution in [0.25, 0.3) is 0 Å². The SMILES string of the molecule is CC(O)Cc1cccc(CCC(=O)O)c1. The fourth-order valence-corrected chi connectivity index (χ4v) is 1.50. The first-order valence-electron chi connectivity index (χ1n) is 5.05. The van der Waals surface area contributed by atoms with Crippen LogP contribution in [-0.2, 0) is 17.6 Å². The molecule has 0 saturated carbocycles. The van der Waals surface area contributed by atoms with E-state index in [4.69, 9.17) is 5.11 Å². The van der Waals surface area contributed by atoms with Gasteiger partial charge in [0.2, 0.25) is 0 Å². The molecule has 0 aliphatic heterocycles. The number of carboxylic acids is 1. The number of aliphatic carboxylic acids is 1. The van der Waals surface area contributed by atoms with Gasteiger partial charge in [0.15, 0.2) is 0 Å². The highest BCUT2D eigenvalue weighted by molar-refractivity contribution is 5.67. The zero-order chi connectivity index (χ0) is 11.3. The minimum Gasteiger partial charge on any atom is -0.481 e. The van der Waals surface area contributed by atoms with Gasteiger partial charge >= 0.3 is 5.97 Å². The second-order valence-corrected chi connectivity index (χ2v) is 3.77. The largest absolute Gasteiger partial charge is 0.481 e. The summed E-state index contributed by atoms with van der Waals surface area (Å²) in [6, 6.07) is 7.70. The molecule has 1 rings (SSSR count). The Morgan fingerprint density at radius 1 is 1.40 bits per heavy atom. The molecular formula is C12H16O3. The van der Waals surface area contributed by atoms with E-state index in [2.05, 4.69) is 0 Å².